The number of halogens is 1. The van der Waals surface area contributed by atoms with E-state index < -0.39 is 0 Å². The lowest BCUT2D eigenvalue weighted by atomic mass is 10.3. The van der Waals surface area contributed by atoms with Crippen LogP contribution in [0.5, 0.6) is 0 Å². The van der Waals surface area contributed by atoms with E-state index in [4.69, 9.17) is 5.73 Å². The summed E-state index contributed by atoms with van der Waals surface area (Å²) in [5.41, 5.74) is 6.06. The summed E-state index contributed by atoms with van der Waals surface area (Å²) in [6.45, 7) is 5.61. The molecule has 0 aromatic carbocycles. The number of thiazole rings is 1. The highest BCUT2D eigenvalue weighted by atomic mass is 127. The lowest BCUT2D eigenvalue weighted by Crippen LogP contribution is -2.51. The van der Waals surface area contributed by atoms with Crippen molar-refractivity contribution in [1.29, 1.82) is 0 Å². The molecule has 1 aromatic heterocycles. The van der Waals surface area contributed by atoms with Crippen LogP contribution in [0.2, 0.25) is 0 Å². The number of anilines is 1. The molecule has 21 heavy (non-hydrogen) atoms. The van der Waals surface area contributed by atoms with Gasteiger partial charge in [-0.25, -0.2) is 4.98 Å². The minimum Gasteiger partial charge on any atom is -0.370 e. The molecule has 8 heteroatoms. The molecule has 1 fully saturated rings. The lowest BCUT2D eigenvalue weighted by molar-refractivity contribution is 0.378. The van der Waals surface area contributed by atoms with Crippen LogP contribution >= 0.6 is 35.3 Å². The SMILES string of the molecule is CN(C)CCCN=C(N)N1CCN(c2nccs2)CC1.I. The van der Waals surface area contributed by atoms with Crippen molar-refractivity contribution in [3.05, 3.63) is 11.6 Å². The van der Waals surface area contributed by atoms with E-state index in [1.807, 2.05) is 11.6 Å². The summed E-state index contributed by atoms with van der Waals surface area (Å²) in [6.07, 6.45) is 2.90. The number of aromatic nitrogens is 1. The molecule has 1 aliphatic rings. The Balaban J connectivity index is 0.00000220. The van der Waals surface area contributed by atoms with E-state index in [1.165, 1.54) is 0 Å². The van der Waals surface area contributed by atoms with Crippen LogP contribution in [0.25, 0.3) is 0 Å². The molecule has 120 valence electrons. The Labute approximate surface area is 148 Å². The highest BCUT2D eigenvalue weighted by Gasteiger charge is 2.19. The molecule has 6 nitrogen and oxygen atoms in total. The summed E-state index contributed by atoms with van der Waals surface area (Å²) >= 11 is 1.69. The molecule has 1 saturated heterocycles. The molecule has 2 heterocycles. The largest absolute Gasteiger partial charge is 0.370 e. The number of rotatable bonds is 5. The fourth-order valence-corrected chi connectivity index (χ4v) is 2.88. The van der Waals surface area contributed by atoms with E-state index in [0.717, 1.165) is 50.8 Å². The first-order valence-electron chi connectivity index (χ1n) is 7.01. The topological polar surface area (TPSA) is 61.0 Å². The van der Waals surface area contributed by atoms with Crippen molar-refractivity contribution in [2.75, 3.05) is 58.3 Å². The number of guanidine groups is 1. The molecule has 0 atom stereocenters. The molecule has 2 rings (SSSR count). The number of nitrogens with two attached hydrogens (primary N) is 1. The van der Waals surface area contributed by atoms with Crippen molar-refractivity contribution >= 4 is 46.4 Å². The van der Waals surface area contributed by atoms with Crippen LogP contribution in [0.4, 0.5) is 5.13 Å². The minimum atomic E-state index is 0. The zero-order valence-electron chi connectivity index (χ0n) is 12.7. The van der Waals surface area contributed by atoms with Crippen molar-refractivity contribution < 1.29 is 0 Å². The Hall–Kier alpha value is -0.610. The Morgan fingerprint density at radius 2 is 2.10 bits per heavy atom. The minimum absolute atomic E-state index is 0. The van der Waals surface area contributed by atoms with E-state index >= 15 is 0 Å². The van der Waals surface area contributed by atoms with Gasteiger partial charge in [0.15, 0.2) is 11.1 Å². The Morgan fingerprint density at radius 1 is 1.38 bits per heavy atom. The second kappa shape index (κ2) is 9.42. The van der Waals surface area contributed by atoms with Crippen LogP contribution in [-0.2, 0) is 0 Å². The van der Waals surface area contributed by atoms with Crippen LogP contribution < -0.4 is 10.6 Å². The highest BCUT2D eigenvalue weighted by Crippen LogP contribution is 2.18. The number of hydrogen-bond donors (Lipinski definition) is 1. The van der Waals surface area contributed by atoms with Crippen LogP contribution in [0.3, 0.4) is 0 Å². The van der Waals surface area contributed by atoms with Gasteiger partial charge in [0.05, 0.1) is 0 Å². The van der Waals surface area contributed by atoms with Crippen LogP contribution in [0, 0.1) is 0 Å². The normalized spacial score (nSPS) is 16.2. The van der Waals surface area contributed by atoms with Crippen molar-refractivity contribution in [2.45, 2.75) is 6.42 Å². The van der Waals surface area contributed by atoms with Gasteiger partial charge in [0.2, 0.25) is 0 Å². The summed E-state index contributed by atoms with van der Waals surface area (Å²) < 4.78 is 0. The smallest absolute Gasteiger partial charge is 0.191 e. The molecule has 1 aromatic rings. The zero-order valence-corrected chi connectivity index (χ0v) is 15.9. The Bertz CT molecular complexity index is 414. The molecular weight excluding hydrogens is 399 g/mol. The second-order valence-electron chi connectivity index (χ2n) is 5.19. The zero-order chi connectivity index (χ0) is 14.4. The van der Waals surface area contributed by atoms with Crippen molar-refractivity contribution in [1.82, 2.24) is 14.8 Å². The molecule has 2 N–H and O–H groups in total. The standard InChI is InChI=1S/C13H24N6S.HI/c1-17(2)6-3-4-15-12(14)18-7-9-19(10-8-18)13-16-5-11-20-13;/h5,11H,3-4,6-10H2,1-2H3,(H2,14,15);1H. The average molecular weight is 424 g/mol. The van der Waals surface area contributed by atoms with Crippen molar-refractivity contribution in [3.63, 3.8) is 0 Å². The predicted octanol–water partition coefficient (Wildman–Crippen LogP) is 1.15. The van der Waals surface area contributed by atoms with Crippen LogP contribution in [0.15, 0.2) is 16.6 Å². The van der Waals surface area contributed by atoms with E-state index in [0.29, 0.717) is 5.96 Å². The van der Waals surface area contributed by atoms with E-state index in [2.05, 4.69) is 38.8 Å². The van der Waals surface area contributed by atoms with Crippen molar-refractivity contribution in [3.8, 4) is 0 Å². The third-order valence-corrected chi connectivity index (χ3v) is 4.16. The van der Waals surface area contributed by atoms with Gasteiger partial charge < -0.3 is 20.4 Å². The number of nitrogens with zero attached hydrogens (tertiary/aromatic N) is 5. The van der Waals surface area contributed by atoms with Gasteiger partial charge in [-0.15, -0.1) is 35.3 Å². The Morgan fingerprint density at radius 3 is 2.67 bits per heavy atom. The summed E-state index contributed by atoms with van der Waals surface area (Å²) in [5.74, 6) is 0.683. The van der Waals surface area contributed by atoms with E-state index in [1.54, 1.807) is 11.3 Å². The maximum absolute atomic E-state index is 6.06. The van der Waals surface area contributed by atoms with Crippen molar-refractivity contribution in [2.24, 2.45) is 10.7 Å². The first kappa shape index (κ1) is 18.4. The summed E-state index contributed by atoms with van der Waals surface area (Å²) in [5, 5.41) is 3.12. The second-order valence-corrected chi connectivity index (χ2v) is 6.06. The molecule has 1 aliphatic heterocycles. The van der Waals surface area contributed by atoms with Crippen LogP contribution in [-0.4, -0.2) is 74.1 Å². The third-order valence-electron chi connectivity index (χ3n) is 3.33. The molecule has 0 radical (unpaired) electrons. The molecule has 0 spiro atoms. The van der Waals surface area contributed by atoms with Crippen LogP contribution in [0.1, 0.15) is 6.42 Å². The number of piperazine rings is 1. The summed E-state index contributed by atoms with van der Waals surface area (Å²) in [4.78, 5) is 15.5. The third kappa shape index (κ3) is 5.95. The number of hydrogen-bond acceptors (Lipinski definition) is 5. The lowest BCUT2D eigenvalue weighted by Gasteiger charge is -2.35. The quantitative estimate of drug-likeness (QED) is 0.333. The molecule has 0 aliphatic carbocycles. The molecule has 0 bridgehead atoms. The van der Waals surface area contributed by atoms with Gasteiger partial charge in [-0.1, -0.05) is 0 Å². The predicted molar refractivity (Wildman–Crippen MR) is 101 cm³/mol. The van der Waals surface area contributed by atoms with Gasteiger partial charge in [-0.05, 0) is 27.1 Å². The molecule has 0 amide bonds. The number of aliphatic imine (C=N–C) groups is 1. The monoisotopic (exact) mass is 424 g/mol. The molecule has 0 saturated carbocycles. The fraction of sp³-hybridized carbons (Fsp3) is 0.692. The van der Waals surface area contributed by atoms with E-state index in [-0.39, 0.29) is 24.0 Å². The van der Waals surface area contributed by atoms with E-state index in [9.17, 15) is 0 Å². The van der Waals surface area contributed by atoms with Gasteiger partial charge in [0.25, 0.3) is 0 Å². The first-order valence-corrected chi connectivity index (χ1v) is 7.89. The summed E-state index contributed by atoms with van der Waals surface area (Å²) in [6, 6.07) is 0. The van der Waals surface area contributed by atoms with Gasteiger partial charge in [0.1, 0.15) is 0 Å². The Kier molecular flexibility index (Phi) is 8.27. The first-order chi connectivity index (χ1) is 9.66. The van der Waals surface area contributed by atoms with Gasteiger partial charge in [-0.2, -0.15) is 0 Å². The fourth-order valence-electron chi connectivity index (χ4n) is 2.18. The molecular formula is C13H25IN6S. The van der Waals surface area contributed by atoms with Gasteiger partial charge >= 0.3 is 0 Å². The highest BCUT2D eigenvalue weighted by molar-refractivity contribution is 14.0. The maximum atomic E-state index is 6.06. The maximum Gasteiger partial charge on any atom is 0.191 e. The van der Waals surface area contributed by atoms with Gasteiger partial charge in [-0.3, -0.25) is 4.99 Å². The molecule has 0 unspecified atom stereocenters. The average Bonchev–Trinajstić information content (AvgIpc) is 2.97. The van der Waals surface area contributed by atoms with Gasteiger partial charge in [0, 0.05) is 44.3 Å². The summed E-state index contributed by atoms with van der Waals surface area (Å²) in [7, 11) is 4.15.